The molecular weight excluding hydrogens is 271 g/mol. The van der Waals surface area contributed by atoms with Gasteiger partial charge in [0, 0.05) is 30.0 Å². The van der Waals surface area contributed by atoms with Gasteiger partial charge in [-0.25, -0.2) is 9.37 Å². The van der Waals surface area contributed by atoms with Gasteiger partial charge in [0.25, 0.3) is 0 Å². The summed E-state index contributed by atoms with van der Waals surface area (Å²) in [7, 11) is 0. The molecule has 0 fully saturated rings. The van der Waals surface area contributed by atoms with E-state index in [9.17, 15) is 4.39 Å². The van der Waals surface area contributed by atoms with Crippen molar-refractivity contribution in [3.05, 3.63) is 51.7 Å². The summed E-state index contributed by atoms with van der Waals surface area (Å²) < 4.78 is 13.1. The highest BCUT2D eigenvalue weighted by Gasteiger charge is 2.14. The highest BCUT2D eigenvalue weighted by Crippen LogP contribution is 2.22. The van der Waals surface area contributed by atoms with Gasteiger partial charge in [0.15, 0.2) is 0 Å². The van der Waals surface area contributed by atoms with Crippen LogP contribution in [0.4, 0.5) is 4.39 Å². The van der Waals surface area contributed by atoms with Gasteiger partial charge in [-0.1, -0.05) is 19.1 Å². The van der Waals surface area contributed by atoms with Crippen LogP contribution in [0.2, 0.25) is 0 Å². The van der Waals surface area contributed by atoms with Crippen LogP contribution in [0.5, 0.6) is 0 Å². The van der Waals surface area contributed by atoms with E-state index >= 15 is 0 Å². The van der Waals surface area contributed by atoms with Crippen molar-refractivity contribution in [2.45, 2.75) is 32.6 Å². The van der Waals surface area contributed by atoms with Gasteiger partial charge in [-0.05, 0) is 37.6 Å². The number of hydrogen-bond donors (Lipinski definition) is 1. The predicted molar refractivity (Wildman–Crippen MR) is 82.9 cm³/mol. The van der Waals surface area contributed by atoms with E-state index in [0.717, 1.165) is 36.6 Å². The molecule has 0 saturated heterocycles. The second-order valence-corrected chi connectivity index (χ2v) is 5.98. The van der Waals surface area contributed by atoms with E-state index in [1.54, 1.807) is 11.3 Å². The Morgan fingerprint density at radius 3 is 2.65 bits per heavy atom. The summed E-state index contributed by atoms with van der Waals surface area (Å²) in [5.41, 5.74) is 2.24. The second-order valence-electron chi connectivity index (χ2n) is 5.04. The zero-order valence-corrected chi connectivity index (χ0v) is 12.8. The molecule has 108 valence electrons. The Morgan fingerprint density at radius 1 is 1.30 bits per heavy atom. The first-order valence-electron chi connectivity index (χ1n) is 7.06. The maximum absolute atomic E-state index is 13.1. The first-order chi connectivity index (χ1) is 9.69. The molecule has 1 N–H and O–H groups in total. The third kappa shape index (κ3) is 4.39. The number of nitrogens with one attached hydrogen (secondary N) is 1. The number of halogens is 1. The van der Waals surface area contributed by atoms with E-state index in [0.29, 0.717) is 5.92 Å². The summed E-state index contributed by atoms with van der Waals surface area (Å²) >= 11 is 1.70. The van der Waals surface area contributed by atoms with E-state index in [-0.39, 0.29) is 5.82 Å². The SMILES string of the molecule is CCCNCC(Cc1nc(C)cs1)c1ccc(F)cc1. The number of aromatic nitrogens is 1. The van der Waals surface area contributed by atoms with Crippen molar-refractivity contribution in [2.75, 3.05) is 13.1 Å². The standard InChI is InChI=1S/C16H21FN2S/c1-3-8-18-10-14(9-16-19-12(2)11-20-16)13-4-6-15(17)7-5-13/h4-7,11,14,18H,3,8-10H2,1-2H3. The second kappa shape index (κ2) is 7.50. The van der Waals surface area contributed by atoms with Gasteiger partial charge in [-0.15, -0.1) is 11.3 Å². The first kappa shape index (κ1) is 15.1. The average molecular weight is 292 g/mol. The number of rotatable bonds is 7. The van der Waals surface area contributed by atoms with Gasteiger partial charge >= 0.3 is 0 Å². The largest absolute Gasteiger partial charge is 0.316 e. The summed E-state index contributed by atoms with van der Waals surface area (Å²) in [6.45, 7) is 6.08. The molecular formula is C16H21FN2S. The Morgan fingerprint density at radius 2 is 2.05 bits per heavy atom. The van der Waals surface area contributed by atoms with Gasteiger partial charge in [0.05, 0.1) is 5.01 Å². The van der Waals surface area contributed by atoms with Gasteiger partial charge in [0.1, 0.15) is 5.82 Å². The van der Waals surface area contributed by atoms with Gasteiger partial charge < -0.3 is 5.32 Å². The molecule has 1 unspecified atom stereocenters. The molecule has 4 heteroatoms. The fraction of sp³-hybridized carbons (Fsp3) is 0.438. The van der Waals surface area contributed by atoms with Crippen molar-refractivity contribution in [3.63, 3.8) is 0 Å². The zero-order valence-electron chi connectivity index (χ0n) is 12.0. The molecule has 2 aromatic rings. The fourth-order valence-corrected chi connectivity index (χ4v) is 3.06. The summed E-state index contributed by atoms with van der Waals surface area (Å²) in [4.78, 5) is 4.54. The maximum Gasteiger partial charge on any atom is 0.123 e. The third-order valence-corrected chi connectivity index (χ3v) is 4.24. The average Bonchev–Trinajstić information content (AvgIpc) is 2.84. The van der Waals surface area contributed by atoms with E-state index in [1.807, 2.05) is 19.1 Å². The molecule has 0 amide bonds. The molecule has 2 nitrogen and oxygen atoms in total. The topological polar surface area (TPSA) is 24.9 Å². The van der Waals surface area contributed by atoms with Gasteiger partial charge in [-0.3, -0.25) is 0 Å². The Balaban J connectivity index is 2.09. The van der Waals surface area contributed by atoms with Crippen LogP contribution in [0.25, 0.3) is 0 Å². The van der Waals surface area contributed by atoms with Crippen molar-refractivity contribution in [1.29, 1.82) is 0 Å². The quantitative estimate of drug-likeness (QED) is 0.782. The molecule has 20 heavy (non-hydrogen) atoms. The van der Waals surface area contributed by atoms with Crippen LogP contribution in [0.15, 0.2) is 29.6 Å². The maximum atomic E-state index is 13.1. The number of thiazole rings is 1. The molecule has 2 rings (SSSR count). The Hall–Kier alpha value is -1.26. The van der Waals surface area contributed by atoms with Crippen molar-refractivity contribution < 1.29 is 4.39 Å². The highest BCUT2D eigenvalue weighted by molar-refractivity contribution is 7.09. The van der Waals surface area contributed by atoms with E-state index in [4.69, 9.17) is 0 Å². The summed E-state index contributed by atoms with van der Waals surface area (Å²) in [5.74, 6) is 0.159. The van der Waals surface area contributed by atoms with Crippen molar-refractivity contribution in [2.24, 2.45) is 0 Å². The molecule has 1 aromatic heterocycles. The third-order valence-electron chi connectivity index (χ3n) is 3.25. The molecule has 1 atom stereocenters. The lowest BCUT2D eigenvalue weighted by Crippen LogP contribution is -2.23. The minimum absolute atomic E-state index is 0.181. The Labute approximate surface area is 124 Å². The minimum atomic E-state index is -0.181. The van der Waals surface area contributed by atoms with E-state index < -0.39 is 0 Å². The monoisotopic (exact) mass is 292 g/mol. The normalized spacial score (nSPS) is 12.6. The molecule has 0 bridgehead atoms. The van der Waals surface area contributed by atoms with Crippen molar-refractivity contribution >= 4 is 11.3 Å². The molecule has 1 heterocycles. The van der Waals surface area contributed by atoms with Crippen LogP contribution in [-0.4, -0.2) is 18.1 Å². The molecule has 0 aliphatic heterocycles. The van der Waals surface area contributed by atoms with Crippen LogP contribution in [0.3, 0.4) is 0 Å². The summed E-state index contributed by atoms with van der Waals surface area (Å²) in [6.07, 6.45) is 2.02. The lowest BCUT2D eigenvalue weighted by atomic mass is 9.96. The number of nitrogens with zero attached hydrogens (tertiary/aromatic N) is 1. The Kier molecular flexibility index (Phi) is 5.68. The van der Waals surface area contributed by atoms with Crippen LogP contribution in [0, 0.1) is 12.7 Å². The molecule has 0 aliphatic carbocycles. The minimum Gasteiger partial charge on any atom is -0.316 e. The van der Waals surface area contributed by atoms with Crippen LogP contribution < -0.4 is 5.32 Å². The number of benzene rings is 1. The lowest BCUT2D eigenvalue weighted by Gasteiger charge is -2.17. The number of aryl methyl sites for hydroxylation is 1. The zero-order chi connectivity index (χ0) is 14.4. The Bertz CT molecular complexity index is 522. The van der Waals surface area contributed by atoms with Crippen LogP contribution in [-0.2, 0) is 6.42 Å². The van der Waals surface area contributed by atoms with Gasteiger partial charge in [0.2, 0.25) is 0 Å². The molecule has 1 aromatic carbocycles. The van der Waals surface area contributed by atoms with Gasteiger partial charge in [-0.2, -0.15) is 0 Å². The highest BCUT2D eigenvalue weighted by atomic mass is 32.1. The first-order valence-corrected chi connectivity index (χ1v) is 7.94. The van der Waals surface area contributed by atoms with Crippen molar-refractivity contribution in [3.8, 4) is 0 Å². The van der Waals surface area contributed by atoms with Crippen molar-refractivity contribution in [1.82, 2.24) is 10.3 Å². The van der Waals surface area contributed by atoms with E-state index in [2.05, 4.69) is 22.6 Å². The number of hydrogen-bond acceptors (Lipinski definition) is 3. The van der Waals surface area contributed by atoms with Crippen LogP contribution >= 0.6 is 11.3 Å². The van der Waals surface area contributed by atoms with Crippen LogP contribution in [0.1, 0.15) is 35.5 Å². The lowest BCUT2D eigenvalue weighted by molar-refractivity contribution is 0.572. The predicted octanol–water partition coefficient (Wildman–Crippen LogP) is 3.92. The smallest absolute Gasteiger partial charge is 0.123 e. The molecule has 0 radical (unpaired) electrons. The summed E-state index contributed by atoms with van der Waals surface area (Å²) in [6, 6.07) is 6.84. The fourth-order valence-electron chi connectivity index (χ4n) is 2.20. The summed E-state index contributed by atoms with van der Waals surface area (Å²) in [5, 5.41) is 6.69. The molecule has 0 saturated carbocycles. The molecule has 0 aliphatic rings. The molecule has 0 spiro atoms. The van der Waals surface area contributed by atoms with E-state index in [1.165, 1.54) is 17.7 Å².